The lowest BCUT2D eigenvalue weighted by Crippen LogP contribution is -2.28. The minimum Gasteiger partial charge on any atom is -0.389 e. The molecule has 1 rings (SSSR count). The lowest BCUT2D eigenvalue weighted by molar-refractivity contribution is -0.120. The number of hydrogen-bond acceptors (Lipinski definition) is 3. The Kier molecular flexibility index (Phi) is 6.75. The van der Waals surface area contributed by atoms with Crippen LogP contribution in [0, 0.1) is 5.92 Å². The lowest BCUT2D eigenvalue weighted by Gasteiger charge is -2.12. The van der Waals surface area contributed by atoms with Gasteiger partial charge in [0.25, 0.3) is 0 Å². The van der Waals surface area contributed by atoms with Crippen molar-refractivity contribution in [2.24, 2.45) is 11.7 Å². The third kappa shape index (κ3) is 5.75. The molecule has 0 bridgehead atoms. The molecule has 1 aromatic carbocycles. The number of nitrogens with one attached hydrogen (secondary N) is 2. The molecule has 0 fully saturated rings. The Balaban J connectivity index is 2.51. The van der Waals surface area contributed by atoms with Crippen molar-refractivity contribution in [2.75, 3.05) is 18.4 Å². The van der Waals surface area contributed by atoms with Crippen LogP contribution in [-0.2, 0) is 4.79 Å². The number of carbonyl (C=O) groups is 1. The van der Waals surface area contributed by atoms with Crippen molar-refractivity contribution in [1.82, 2.24) is 5.32 Å². The average Bonchev–Trinajstić information content (AvgIpc) is 2.36. The molecule has 0 aromatic heterocycles. The number of hydrogen-bond donors (Lipinski definition) is 3. The third-order valence-corrected chi connectivity index (χ3v) is 3.08. The van der Waals surface area contributed by atoms with Crippen molar-refractivity contribution in [2.45, 2.75) is 20.3 Å². The fraction of sp³-hybridized carbons (Fsp3) is 0.429. The van der Waals surface area contributed by atoms with Gasteiger partial charge in [0.05, 0.1) is 0 Å². The molecular formula is C14H20ClN3OS. The summed E-state index contributed by atoms with van der Waals surface area (Å²) in [5.74, 6) is 0.464. The number of nitrogens with two attached hydrogens (primary N) is 1. The highest BCUT2D eigenvalue weighted by molar-refractivity contribution is 7.80. The maximum absolute atomic E-state index is 11.6. The van der Waals surface area contributed by atoms with Crippen molar-refractivity contribution in [3.63, 3.8) is 0 Å². The van der Waals surface area contributed by atoms with Crippen molar-refractivity contribution < 1.29 is 4.79 Å². The maximum atomic E-state index is 11.6. The molecule has 1 amide bonds. The first-order valence-corrected chi connectivity index (χ1v) is 7.28. The molecule has 0 aliphatic carbocycles. The normalized spacial score (nSPS) is 10.4. The van der Waals surface area contributed by atoms with Gasteiger partial charge in [-0.3, -0.25) is 4.79 Å². The summed E-state index contributed by atoms with van der Waals surface area (Å²) in [6, 6.07) is 5.25. The van der Waals surface area contributed by atoms with E-state index < -0.39 is 0 Å². The topological polar surface area (TPSA) is 67.2 Å². The summed E-state index contributed by atoms with van der Waals surface area (Å²) in [5, 5.41) is 6.60. The van der Waals surface area contributed by atoms with Gasteiger partial charge in [-0.15, -0.1) is 0 Å². The molecule has 0 atom stereocenters. The summed E-state index contributed by atoms with van der Waals surface area (Å²) >= 11 is 10.9. The molecule has 0 aliphatic heterocycles. The van der Waals surface area contributed by atoms with Gasteiger partial charge in [0, 0.05) is 35.8 Å². The SMILES string of the molecule is CC(C)CNC(=O)CCNc1cc(Cl)ccc1C(N)=S. The zero-order valence-electron chi connectivity index (χ0n) is 11.7. The van der Waals surface area contributed by atoms with Crippen LogP contribution in [0.2, 0.25) is 5.02 Å². The van der Waals surface area contributed by atoms with Crippen molar-refractivity contribution >= 4 is 40.4 Å². The molecule has 0 aliphatic rings. The summed E-state index contributed by atoms with van der Waals surface area (Å²) in [5.41, 5.74) is 7.13. The Bertz CT molecular complexity index is 491. The Morgan fingerprint density at radius 2 is 2.15 bits per heavy atom. The second-order valence-corrected chi connectivity index (χ2v) is 5.81. The molecular weight excluding hydrogens is 294 g/mol. The van der Waals surface area contributed by atoms with Crippen LogP contribution in [0.25, 0.3) is 0 Å². The van der Waals surface area contributed by atoms with E-state index in [4.69, 9.17) is 29.6 Å². The molecule has 1 aromatic rings. The van der Waals surface area contributed by atoms with E-state index in [1.54, 1.807) is 18.2 Å². The van der Waals surface area contributed by atoms with Crippen LogP contribution in [0.4, 0.5) is 5.69 Å². The van der Waals surface area contributed by atoms with Gasteiger partial charge in [0.15, 0.2) is 0 Å². The minimum absolute atomic E-state index is 0.0186. The monoisotopic (exact) mass is 313 g/mol. The van der Waals surface area contributed by atoms with Gasteiger partial charge in [-0.05, 0) is 24.1 Å². The van der Waals surface area contributed by atoms with E-state index in [2.05, 4.69) is 24.5 Å². The van der Waals surface area contributed by atoms with Gasteiger partial charge in [0.2, 0.25) is 5.91 Å². The molecule has 0 heterocycles. The van der Waals surface area contributed by atoms with Crippen LogP contribution in [-0.4, -0.2) is 24.0 Å². The van der Waals surface area contributed by atoms with Gasteiger partial charge >= 0.3 is 0 Å². The molecule has 0 unspecified atom stereocenters. The highest BCUT2D eigenvalue weighted by Gasteiger charge is 2.07. The predicted molar refractivity (Wildman–Crippen MR) is 88.3 cm³/mol. The zero-order chi connectivity index (χ0) is 15.1. The Morgan fingerprint density at radius 1 is 1.45 bits per heavy atom. The fourth-order valence-electron chi connectivity index (χ4n) is 1.59. The van der Waals surface area contributed by atoms with Gasteiger partial charge in [0.1, 0.15) is 4.99 Å². The van der Waals surface area contributed by atoms with E-state index in [0.29, 0.717) is 35.4 Å². The molecule has 6 heteroatoms. The summed E-state index contributed by atoms with van der Waals surface area (Å²) in [6.07, 6.45) is 0.385. The second kappa shape index (κ2) is 8.07. The summed E-state index contributed by atoms with van der Waals surface area (Å²) in [4.78, 5) is 11.9. The quantitative estimate of drug-likeness (QED) is 0.677. The van der Waals surface area contributed by atoms with Gasteiger partial charge in [-0.25, -0.2) is 0 Å². The van der Waals surface area contributed by atoms with Crippen LogP contribution in [0.1, 0.15) is 25.8 Å². The first kappa shape index (κ1) is 16.7. The molecule has 20 heavy (non-hydrogen) atoms. The predicted octanol–water partition coefficient (Wildman–Crippen LogP) is 2.55. The number of amides is 1. The van der Waals surface area contributed by atoms with Crippen molar-refractivity contribution in [3.05, 3.63) is 28.8 Å². The van der Waals surface area contributed by atoms with E-state index >= 15 is 0 Å². The number of rotatable bonds is 7. The van der Waals surface area contributed by atoms with E-state index in [1.165, 1.54) is 0 Å². The van der Waals surface area contributed by atoms with Gasteiger partial charge in [-0.1, -0.05) is 37.7 Å². The zero-order valence-corrected chi connectivity index (χ0v) is 13.3. The molecule has 0 radical (unpaired) electrons. The number of thiocarbonyl (C=S) groups is 1. The summed E-state index contributed by atoms with van der Waals surface area (Å²) < 4.78 is 0. The van der Waals surface area contributed by atoms with E-state index in [1.807, 2.05) is 0 Å². The van der Waals surface area contributed by atoms with E-state index in [0.717, 1.165) is 11.3 Å². The molecule has 4 nitrogen and oxygen atoms in total. The number of carbonyl (C=O) groups excluding carboxylic acids is 1. The van der Waals surface area contributed by atoms with Gasteiger partial charge in [-0.2, -0.15) is 0 Å². The Labute approximate surface area is 130 Å². The van der Waals surface area contributed by atoms with E-state index in [9.17, 15) is 4.79 Å². The number of halogens is 1. The van der Waals surface area contributed by atoms with Crippen LogP contribution >= 0.6 is 23.8 Å². The van der Waals surface area contributed by atoms with Crippen molar-refractivity contribution in [3.8, 4) is 0 Å². The molecule has 110 valence electrons. The average molecular weight is 314 g/mol. The Morgan fingerprint density at radius 3 is 2.75 bits per heavy atom. The van der Waals surface area contributed by atoms with Crippen LogP contribution in [0.3, 0.4) is 0 Å². The first-order valence-electron chi connectivity index (χ1n) is 6.50. The lowest BCUT2D eigenvalue weighted by atomic mass is 10.1. The molecule has 0 saturated heterocycles. The fourth-order valence-corrected chi connectivity index (χ4v) is 1.94. The van der Waals surface area contributed by atoms with Crippen LogP contribution < -0.4 is 16.4 Å². The standard InChI is InChI=1S/C14H20ClN3OS/c1-9(2)8-18-13(19)5-6-17-12-7-10(15)3-4-11(12)14(16)20/h3-4,7,9,17H,5-6,8H2,1-2H3,(H2,16,20)(H,18,19). The largest absolute Gasteiger partial charge is 0.389 e. The highest BCUT2D eigenvalue weighted by Crippen LogP contribution is 2.21. The highest BCUT2D eigenvalue weighted by atomic mass is 35.5. The van der Waals surface area contributed by atoms with Gasteiger partial charge < -0.3 is 16.4 Å². The first-order chi connectivity index (χ1) is 9.40. The van der Waals surface area contributed by atoms with Crippen LogP contribution in [0.5, 0.6) is 0 Å². The minimum atomic E-state index is 0.0186. The van der Waals surface area contributed by atoms with E-state index in [-0.39, 0.29) is 5.91 Å². The molecule has 0 spiro atoms. The second-order valence-electron chi connectivity index (χ2n) is 4.93. The molecule has 4 N–H and O–H groups in total. The third-order valence-electron chi connectivity index (χ3n) is 2.62. The Hall–Kier alpha value is -1.33. The molecule has 0 saturated carbocycles. The summed E-state index contributed by atoms with van der Waals surface area (Å²) in [6.45, 7) is 5.30. The van der Waals surface area contributed by atoms with Crippen molar-refractivity contribution in [1.29, 1.82) is 0 Å². The number of anilines is 1. The summed E-state index contributed by atoms with van der Waals surface area (Å²) in [7, 11) is 0. The van der Waals surface area contributed by atoms with Crippen LogP contribution in [0.15, 0.2) is 18.2 Å². The smallest absolute Gasteiger partial charge is 0.221 e. The number of benzene rings is 1. The maximum Gasteiger partial charge on any atom is 0.221 e.